The fourth-order valence-corrected chi connectivity index (χ4v) is 4.86. The molecular formula is C22H35N3O2. The van der Waals surface area contributed by atoms with Crippen LogP contribution in [-0.2, 0) is 4.79 Å². The molecule has 150 valence electrons. The summed E-state index contributed by atoms with van der Waals surface area (Å²) in [4.78, 5) is 17.9. The average Bonchev–Trinajstić information content (AvgIpc) is 2.65. The maximum atomic E-state index is 13.4. The van der Waals surface area contributed by atoms with Gasteiger partial charge in [0.25, 0.3) is 0 Å². The van der Waals surface area contributed by atoms with Crippen molar-refractivity contribution in [3.05, 3.63) is 29.3 Å². The van der Waals surface area contributed by atoms with Crippen LogP contribution in [0.5, 0.6) is 0 Å². The third-order valence-corrected chi connectivity index (χ3v) is 6.79. The molecule has 5 nitrogen and oxygen atoms in total. The number of amides is 1. The molecule has 2 atom stereocenters. The van der Waals surface area contributed by atoms with Gasteiger partial charge in [0.2, 0.25) is 5.91 Å². The van der Waals surface area contributed by atoms with Gasteiger partial charge in [0.05, 0.1) is 6.10 Å². The van der Waals surface area contributed by atoms with Crippen molar-refractivity contribution in [2.75, 3.05) is 32.5 Å². The highest BCUT2D eigenvalue weighted by atomic mass is 16.3. The third kappa shape index (κ3) is 4.05. The van der Waals surface area contributed by atoms with Crippen LogP contribution in [0.4, 0.5) is 5.69 Å². The number of carbonyl (C=O) groups excluding carboxylic acids is 1. The van der Waals surface area contributed by atoms with E-state index < -0.39 is 5.54 Å². The number of nitrogens with zero attached hydrogens (tertiary/aromatic N) is 2. The number of carbonyl (C=O) groups is 1. The molecule has 0 radical (unpaired) electrons. The van der Waals surface area contributed by atoms with Gasteiger partial charge < -0.3 is 10.4 Å². The molecule has 2 fully saturated rings. The first kappa shape index (κ1) is 20.3. The lowest BCUT2D eigenvalue weighted by molar-refractivity contribution is -0.130. The zero-order chi connectivity index (χ0) is 19.6. The molecule has 2 aliphatic rings. The Morgan fingerprint density at radius 1 is 1.15 bits per heavy atom. The zero-order valence-electron chi connectivity index (χ0n) is 17.3. The molecule has 3 rings (SSSR count). The normalized spacial score (nSPS) is 26.1. The van der Waals surface area contributed by atoms with Crippen molar-refractivity contribution in [1.29, 1.82) is 0 Å². The van der Waals surface area contributed by atoms with Crippen molar-refractivity contribution in [2.45, 2.75) is 70.1 Å². The molecule has 0 bridgehead atoms. The van der Waals surface area contributed by atoms with E-state index in [1.165, 1.54) is 6.42 Å². The number of nitrogens with one attached hydrogen (secondary N) is 1. The summed E-state index contributed by atoms with van der Waals surface area (Å²) >= 11 is 0. The maximum absolute atomic E-state index is 13.4. The van der Waals surface area contributed by atoms with E-state index in [0.717, 1.165) is 62.0 Å². The smallest absolute Gasteiger partial charge is 0.244 e. The van der Waals surface area contributed by atoms with Crippen LogP contribution in [0.2, 0.25) is 0 Å². The Kier molecular flexibility index (Phi) is 6.24. The first-order valence-corrected chi connectivity index (χ1v) is 10.3. The van der Waals surface area contributed by atoms with Gasteiger partial charge in [-0.25, -0.2) is 0 Å². The SMILES string of the molecule is Cc1cccc(C)c1NC(=O)C1(N(C)C)CCN(C2CCCC[C@H]2O)CC1. The topological polar surface area (TPSA) is 55.8 Å². The predicted octanol–water partition coefficient (Wildman–Crippen LogP) is 2.94. The summed E-state index contributed by atoms with van der Waals surface area (Å²) in [7, 11) is 4.02. The van der Waals surface area contributed by atoms with E-state index in [1.54, 1.807) is 0 Å². The Hall–Kier alpha value is -1.43. The monoisotopic (exact) mass is 373 g/mol. The lowest BCUT2D eigenvalue weighted by atomic mass is 9.82. The standard InChI is InChI=1S/C22H35N3O2/c1-16-8-7-9-17(2)20(16)23-21(27)22(24(3)4)12-14-25(15-13-22)18-10-5-6-11-19(18)26/h7-9,18-19,26H,5-6,10-15H2,1-4H3,(H,23,27)/t18?,19-/m1/s1. The molecule has 1 aliphatic heterocycles. The van der Waals surface area contributed by atoms with Crippen molar-refractivity contribution in [2.24, 2.45) is 0 Å². The molecular weight excluding hydrogens is 338 g/mol. The Balaban J connectivity index is 1.73. The quantitative estimate of drug-likeness (QED) is 0.852. The van der Waals surface area contributed by atoms with Gasteiger partial charge in [-0.1, -0.05) is 31.0 Å². The second-order valence-corrected chi connectivity index (χ2v) is 8.60. The predicted molar refractivity (Wildman–Crippen MR) is 110 cm³/mol. The minimum atomic E-state index is -0.495. The van der Waals surface area contributed by atoms with E-state index >= 15 is 0 Å². The first-order chi connectivity index (χ1) is 12.8. The summed E-state index contributed by atoms with van der Waals surface area (Å²) in [5.41, 5.74) is 2.64. The van der Waals surface area contributed by atoms with E-state index in [9.17, 15) is 9.90 Å². The Morgan fingerprint density at radius 2 is 1.74 bits per heavy atom. The number of hydrogen-bond donors (Lipinski definition) is 2. The molecule has 27 heavy (non-hydrogen) atoms. The van der Waals surface area contributed by atoms with Crippen LogP contribution < -0.4 is 5.32 Å². The van der Waals surface area contributed by atoms with Crippen molar-refractivity contribution < 1.29 is 9.90 Å². The van der Waals surface area contributed by atoms with Crippen LogP contribution in [0.25, 0.3) is 0 Å². The van der Waals surface area contributed by atoms with Crippen LogP contribution in [0.15, 0.2) is 18.2 Å². The fourth-order valence-electron chi connectivity index (χ4n) is 4.86. The molecule has 1 saturated heterocycles. The molecule has 5 heteroatoms. The van der Waals surface area contributed by atoms with E-state index in [-0.39, 0.29) is 18.1 Å². The molecule has 1 aliphatic carbocycles. The van der Waals surface area contributed by atoms with Crippen LogP contribution in [0, 0.1) is 13.8 Å². The molecule has 0 spiro atoms. The Bertz CT molecular complexity index is 645. The number of aryl methyl sites for hydroxylation is 2. The van der Waals surface area contributed by atoms with Crippen molar-refractivity contribution >= 4 is 11.6 Å². The Labute approximate surface area is 163 Å². The number of anilines is 1. The van der Waals surface area contributed by atoms with Crippen molar-refractivity contribution in [1.82, 2.24) is 9.80 Å². The minimum Gasteiger partial charge on any atom is -0.391 e. The van der Waals surface area contributed by atoms with Gasteiger partial charge in [0.1, 0.15) is 5.54 Å². The van der Waals surface area contributed by atoms with Gasteiger partial charge in [-0.05, 0) is 64.8 Å². The average molecular weight is 374 g/mol. The van der Waals surface area contributed by atoms with E-state index in [4.69, 9.17) is 0 Å². The van der Waals surface area contributed by atoms with Gasteiger partial charge in [-0.15, -0.1) is 0 Å². The number of hydrogen-bond acceptors (Lipinski definition) is 4. The van der Waals surface area contributed by atoms with Crippen LogP contribution in [0.3, 0.4) is 0 Å². The molecule has 1 aromatic rings. The zero-order valence-corrected chi connectivity index (χ0v) is 17.3. The number of benzene rings is 1. The van der Waals surface area contributed by atoms with Crippen LogP contribution >= 0.6 is 0 Å². The van der Waals surface area contributed by atoms with Crippen LogP contribution in [0.1, 0.15) is 49.7 Å². The van der Waals surface area contributed by atoms with E-state index in [2.05, 4.69) is 15.1 Å². The van der Waals surface area contributed by atoms with E-state index in [1.807, 2.05) is 46.1 Å². The van der Waals surface area contributed by atoms with E-state index in [0.29, 0.717) is 0 Å². The third-order valence-electron chi connectivity index (χ3n) is 6.79. The van der Waals surface area contributed by atoms with Crippen molar-refractivity contribution in [3.8, 4) is 0 Å². The summed E-state index contributed by atoms with van der Waals surface area (Å²) in [5.74, 6) is 0.0914. The summed E-state index contributed by atoms with van der Waals surface area (Å²) in [6, 6.07) is 6.37. The molecule has 1 saturated carbocycles. The fraction of sp³-hybridized carbons (Fsp3) is 0.682. The summed E-state index contributed by atoms with van der Waals surface area (Å²) < 4.78 is 0. The molecule has 1 aromatic carbocycles. The molecule has 1 unspecified atom stereocenters. The van der Waals surface area contributed by atoms with Gasteiger partial charge in [-0.3, -0.25) is 14.6 Å². The number of aliphatic hydroxyl groups excluding tert-OH is 1. The Morgan fingerprint density at radius 3 is 2.30 bits per heavy atom. The first-order valence-electron chi connectivity index (χ1n) is 10.3. The highest BCUT2D eigenvalue weighted by Crippen LogP contribution is 2.33. The number of para-hydroxylation sites is 1. The lowest BCUT2D eigenvalue weighted by Gasteiger charge is -2.48. The number of rotatable bonds is 4. The molecule has 1 amide bonds. The number of piperidine rings is 1. The molecule has 2 N–H and O–H groups in total. The molecule has 0 aromatic heterocycles. The van der Waals surface area contributed by atoms with Crippen LogP contribution in [-0.4, -0.2) is 65.7 Å². The summed E-state index contributed by atoms with van der Waals surface area (Å²) in [6.07, 6.45) is 5.68. The molecule has 1 heterocycles. The maximum Gasteiger partial charge on any atom is 0.244 e. The lowest BCUT2D eigenvalue weighted by Crippen LogP contribution is -2.61. The highest BCUT2D eigenvalue weighted by molar-refractivity contribution is 5.99. The number of likely N-dealkylation sites (tertiary alicyclic amines) is 1. The number of likely N-dealkylation sites (N-methyl/N-ethyl adjacent to an activating group) is 1. The largest absolute Gasteiger partial charge is 0.391 e. The van der Waals surface area contributed by atoms with Gasteiger partial charge in [0, 0.05) is 24.8 Å². The van der Waals surface area contributed by atoms with Crippen molar-refractivity contribution in [3.63, 3.8) is 0 Å². The van der Waals surface area contributed by atoms with Gasteiger partial charge in [0.15, 0.2) is 0 Å². The second kappa shape index (κ2) is 8.29. The summed E-state index contributed by atoms with van der Waals surface area (Å²) in [6.45, 7) is 5.80. The highest BCUT2D eigenvalue weighted by Gasteiger charge is 2.45. The minimum absolute atomic E-state index is 0.0914. The summed E-state index contributed by atoms with van der Waals surface area (Å²) in [5, 5.41) is 13.6. The number of aliphatic hydroxyl groups is 1. The van der Waals surface area contributed by atoms with Gasteiger partial charge in [-0.2, -0.15) is 0 Å². The van der Waals surface area contributed by atoms with Gasteiger partial charge >= 0.3 is 0 Å². The second-order valence-electron chi connectivity index (χ2n) is 8.60.